The summed E-state index contributed by atoms with van der Waals surface area (Å²) in [5.41, 5.74) is -0.274. The average molecular weight is 927 g/mol. The van der Waals surface area contributed by atoms with Gasteiger partial charge in [-0.15, -0.1) is 0 Å². The minimum Gasteiger partial charge on any atom is -0.464 e. The number of halogens is 3. The molecule has 0 aliphatic rings. The molecule has 17 heteroatoms. The van der Waals surface area contributed by atoms with E-state index in [9.17, 15) is 38.4 Å². The number of anilines is 2. The molecule has 0 radical (unpaired) electrons. The third-order valence-electron chi connectivity index (χ3n) is 5.19. The van der Waals surface area contributed by atoms with Gasteiger partial charge in [0, 0.05) is 41.5 Å². The molecule has 42 heavy (non-hydrogen) atoms. The molecule has 0 N–H and O–H groups in total. The second-order valence-corrected chi connectivity index (χ2v) is 11.6. The number of benzene rings is 1. The lowest BCUT2D eigenvalue weighted by Gasteiger charge is -2.28. The van der Waals surface area contributed by atoms with Crippen molar-refractivity contribution in [1.82, 2.24) is 4.90 Å². The zero-order chi connectivity index (χ0) is 32.5. The molecule has 0 saturated heterocycles. The number of carbonyl (C=O) groups is 8. The van der Waals surface area contributed by atoms with Gasteiger partial charge in [-0.1, -0.05) is 0 Å². The first-order chi connectivity index (χ1) is 19.4. The first-order valence-corrected chi connectivity index (χ1v) is 15.2. The summed E-state index contributed by atoms with van der Waals surface area (Å²) in [4.78, 5) is 101. The van der Waals surface area contributed by atoms with Crippen molar-refractivity contribution in [3.05, 3.63) is 16.3 Å². The molecule has 14 nitrogen and oxygen atoms in total. The Morgan fingerprint density at radius 2 is 0.929 bits per heavy atom. The average Bonchev–Trinajstić information content (AvgIpc) is 2.85. The van der Waals surface area contributed by atoms with Crippen LogP contribution in [-0.4, -0.2) is 85.3 Å². The molecule has 230 valence electrons. The van der Waals surface area contributed by atoms with Crippen LogP contribution in [-0.2, 0) is 47.8 Å². The number of imide groups is 2. The second kappa shape index (κ2) is 17.0. The minimum atomic E-state index is -1.05. The van der Waals surface area contributed by atoms with Crippen LogP contribution in [0.15, 0.2) is 0 Å². The number of ether oxygens (including phenoxy) is 3. The van der Waals surface area contributed by atoms with Crippen molar-refractivity contribution in [2.45, 2.75) is 41.5 Å². The Morgan fingerprint density at radius 1 is 0.571 bits per heavy atom. The number of carbonyl (C=O) groups excluding carboxylic acids is 8. The lowest BCUT2D eigenvalue weighted by atomic mass is 10.1. The maximum atomic E-state index is 13.4. The summed E-state index contributed by atoms with van der Waals surface area (Å²) in [6, 6.07) is 0. The van der Waals surface area contributed by atoms with Gasteiger partial charge in [-0.3, -0.25) is 33.6 Å². The minimum absolute atomic E-state index is 0.0400. The highest BCUT2D eigenvalue weighted by molar-refractivity contribution is 14.1. The van der Waals surface area contributed by atoms with Crippen molar-refractivity contribution >= 4 is 127 Å². The van der Waals surface area contributed by atoms with Gasteiger partial charge in [0.2, 0.25) is 23.6 Å². The Bertz CT molecular complexity index is 1210. The molecule has 0 aromatic heterocycles. The fourth-order valence-electron chi connectivity index (χ4n) is 3.53. The molecule has 0 heterocycles. The normalized spacial score (nSPS) is 10.3. The topological polar surface area (TPSA) is 174 Å². The van der Waals surface area contributed by atoms with Gasteiger partial charge in [0.05, 0.1) is 40.7 Å². The Hall–Kier alpha value is -2.43. The molecule has 5 amide bonds. The molecule has 0 aliphatic carbocycles. The van der Waals surface area contributed by atoms with E-state index in [0.717, 1.165) is 37.5 Å². The monoisotopic (exact) mass is 927 g/mol. The molecule has 1 aromatic rings. The smallest absolute Gasteiger partial charge is 0.340 e. The molecule has 1 rings (SSSR count). The zero-order valence-corrected chi connectivity index (χ0v) is 30.0. The third-order valence-corrected chi connectivity index (χ3v) is 8.32. The number of amides is 5. The van der Waals surface area contributed by atoms with Gasteiger partial charge in [0.15, 0.2) is 6.61 Å². The number of hydrogen-bond donors (Lipinski definition) is 0. The molecule has 0 saturated carbocycles. The Labute approximate surface area is 282 Å². The van der Waals surface area contributed by atoms with Crippen LogP contribution < -0.4 is 9.80 Å². The van der Waals surface area contributed by atoms with Crippen molar-refractivity contribution in [3.8, 4) is 0 Å². The van der Waals surface area contributed by atoms with E-state index >= 15 is 0 Å². The molecule has 0 unspecified atom stereocenters. The van der Waals surface area contributed by atoms with Gasteiger partial charge in [0.25, 0.3) is 5.91 Å². The first kappa shape index (κ1) is 37.6. The predicted molar refractivity (Wildman–Crippen MR) is 172 cm³/mol. The molecule has 0 bridgehead atoms. The van der Waals surface area contributed by atoms with Crippen molar-refractivity contribution in [2.75, 3.05) is 42.7 Å². The molecule has 0 fully saturated rings. The third kappa shape index (κ3) is 10.1. The van der Waals surface area contributed by atoms with Crippen molar-refractivity contribution in [1.29, 1.82) is 0 Å². The fourth-order valence-corrected chi connectivity index (χ4v) is 8.11. The maximum Gasteiger partial charge on any atom is 0.340 e. The van der Waals surface area contributed by atoms with Crippen molar-refractivity contribution in [2.24, 2.45) is 0 Å². The van der Waals surface area contributed by atoms with Gasteiger partial charge >= 0.3 is 17.9 Å². The van der Waals surface area contributed by atoms with E-state index in [4.69, 9.17) is 14.2 Å². The summed E-state index contributed by atoms with van der Waals surface area (Å²) < 4.78 is 15.4. The number of esters is 3. The zero-order valence-electron chi connectivity index (χ0n) is 23.5. The van der Waals surface area contributed by atoms with E-state index in [1.165, 1.54) is 18.7 Å². The van der Waals surface area contributed by atoms with Crippen LogP contribution in [0.25, 0.3) is 0 Å². The quantitative estimate of drug-likeness (QED) is 0.181. The molecule has 0 spiro atoms. The molecule has 1 aromatic carbocycles. The van der Waals surface area contributed by atoms with E-state index < -0.39 is 54.1 Å². The van der Waals surface area contributed by atoms with Crippen LogP contribution >= 0.6 is 67.8 Å². The van der Waals surface area contributed by atoms with Gasteiger partial charge in [-0.2, -0.15) is 0 Å². The standard InChI is InChI=1S/C25H28I3N3O11/c1-12(32)30(13(2)33)23-20(26)19(21(27)24(22(23)28)31(14(3)34)15(4)35)25(39)42-11-18(38)29(7-9-40-16(5)36)8-10-41-17(6)37/h7-11H2,1-6H3. The maximum absolute atomic E-state index is 13.4. The van der Waals surface area contributed by atoms with E-state index in [1.54, 1.807) is 67.8 Å². The fraction of sp³-hybridized carbons (Fsp3) is 0.440. The predicted octanol–water partition coefficient (Wildman–Crippen LogP) is 2.41. The molecule has 0 atom stereocenters. The lowest BCUT2D eigenvalue weighted by Crippen LogP contribution is -2.40. The summed E-state index contributed by atoms with van der Waals surface area (Å²) in [6.07, 6.45) is 0. The molecule has 0 aliphatic heterocycles. The highest BCUT2D eigenvalue weighted by Gasteiger charge is 2.35. The summed E-state index contributed by atoms with van der Waals surface area (Å²) in [7, 11) is 0. The largest absolute Gasteiger partial charge is 0.464 e. The summed E-state index contributed by atoms with van der Waals surface area (Å²) in [5.74, 6) is -5.64. The van der Waals surface area contributed by atoms with Crippen LogP contribution in [0.3, 0.4) is 0 Å². The molecular formula is C25H28I3N3O11. The van der Waals surface area contributed by atoms with E-state index in [1.807, 2.05) is 0 Å². The summed E-state index contributed by atoms with van der Waals surface area (Å²) in [5, 5.41) is 0. The van der Waals surface area contributed by atoms with E-state index in [-0.39, 0.29) is 54.0 Å². The van der Waals surface area contributed by atoms with Crippen LogP contribution in [0.5, 0.6) is 0 Å². The first-order valence-electron chi connectivity index (χ1n) is 12.0. The summed E-state index contributed by atoms with van der Waals surface area (Å²) >= 11 is 5.28. The van der Waals surface area contributed by atoms with E-state index in [0.29, 0.717) is 0 Å². The Morgan fingerprint density at radius 3 is 1.24 bits per heavy atom. The molecular weight excluding hydrogens is 899 g/mol. The number of nitrogens with zero attached hydrogens (tertiary/aromatic N) is 3. The lowest BCUT2D eigenvalue weighted by molar-refractivity contribution is -0.146. The van der Waals surface area contributed by atoms with Gasteiger partial charge < -0.3 is 19.1 Å². The second-order valence-electron chi connectivity index (χ2n) is 8.40. The van der Waals surface area contributed by atoms with Crippen LogP contribution in [0.1, 0.15) is 51.9 Å². The Balaban J connectivity index is 3.59. The number of hydrogen-bond acceptors (Lipinski definition) is 11. The van der Waals surface area contributed by atoms with Crippen molar-refractivity contribution in [3.63, 3.8) is 0 Å². The van der Waals surface area contributed by atoms with Gasteiger partial charge in [0.1, 0.15) is 13.2 Å². The van der Waals surface area contributed by atoms with Gasteiger partial charge in [-0.05, 0) is 67.8 Å². The SMILES string of the molecule is CC(=O)OCCN(CCOC(C)=O)C(=O)COC(=O)c1c(I)c(N(C(C)=O)C(C)=O)c(I)c(N(C(C)=O)C(C)=O)c1I. The summed E-state index contributed by atoms with van der Waals surface area (Å²) in [6.45, 7) is 5.66. The van der Waals surface area contributed by atoms with Crippen LogP contribution in [0.4, 0.5) is 11.4 Å². The van der Waals surface area contributed by atoms with Crippen LogP contribution in [0, 0.1) is 10.7 Å². The van der Waals surface area contributed by atoms with Crippen LogP contribution in [0.2, 0.25) is 0 Å². The highest BCUT2D eigenvalue weighted by atomic mass is 127. The van der Waals surface area contributed by atoms with E-state index in [2.05, 4.69) is 0 Å². The Kier molecular flexibility index (Phi) is 15.2. The number of rotatable bonds is 11. The van der Waals surface area contributed by atoms with Crippen molar-refractivity contribution < 1.29 is 52.6 Å². The van der Waals surface area contributed by atoms with Gasteiger partial charge in [-0.25, -0.2) is 14.6 Å². The highest BCUT2D eigenvalue weighted by Crippen LogP contribution is 2.43.